The minimum absolute atomic E-state index is 0.270. The Hall–Kier alpha value is -3.29. The zero-order chi connectivity index (χ0) is 20.9. The summed E-state index contributed by atoms with van der Waals surface area (Å²) in [6, 6.07) is 22.5. The van der Waals surface area contributed by atoms with Crippen molar-refractivity contribution >= 4 is 57.9 Å². The first kappa shape index (κ1) is 20.0. The molecule has 30 heavy (non-hydrogen) atoms. The highest BCUT2D eigenvalue weighted by atomic mass is 35.5. The van der Waals surface area contributed by atoms with E-state index in [1.807, 2.05) is 54.6 Å². The molecule has 0 aliphatic carbocycles. The van der Waals surface area contributed by atoms with Crippen LogP contribution in [0, 0.1) is 0 Å². The van der Waals surface area contributed by atoms with Gasteiger partial charge in [0.25, 0.3) is 0 Å². The monoisotopic (exact) mass is 436 g/mol. The number of aromatic nitrogens is 2. The van der Waals surface area contributed by atoms with Gasteiger partial charge in [0.15, 0.2) is 11.6 Å². The van der Waals surface area contributed by atoms with E-state index in [0.717, 1.165) is 15.9 Å². The van der Waals surface area contributed by atoms with E-state index in [0.29, 0.717) is 22.3 Å². The smallest absolute Gasteiger partial charge is 0.339 e. The number of fused-ring (bicyclic) bond motifs is 1. The minimum Gasteiger partial charge on any atom is -0.465 e. The third-order valence-electron chi connectivity index (χ3n) is 4.21. The zero-order valence-corrected chi connectivity index (χ0v) is 17.5. The second kappa shape index (κ2) is 9.02. The first-order chi connectivity index (χ1) is 14.6. The summed E-state index contributed by atoms with van der Waals surface area (Å²) in [6.07, 6.45) is 0. The van der Waals surface area contributed by atoms with Crippen LogP contribution in [-0.2, 0) is 4.74 Å². The second-order valence-corrected chi connectivity index (χ2v) is 7.52. The van der Waals surface area contributed by atoms with Crippen molar-refractivity contribution in [2.24, 2.45) is 0 Å². The number of hydrogen-bond acceptors (Lipinski definition) is 7. The Bertz CT molecular complexity index is 1200. The van der Waals surface area contributed by atoms with E-state index in [4.69, 9.17) is 26.3 Å². The first-order valence-corrected chi connectivity index (χ1v) is 10.2. The molecule has 0 aliphatic heterocycles. The predicted molar refractivity (Wildman–Crippen MR) is 122 cm³/mol. The highest BCUT2D eigenvalue weighted by molar-refractivity contribution is 8.00. The molecule has 0 amide bonds. The number of halogens is 1. The van der Waals surface area contributed by atoms with E-state index in [-0.39, 0.29) is 5.56 Å². The van der Waals surface area contributed by atoms with Crippen LogP contribution in [-0.4, -0.2) is 23.0 Å². The number of esters is 1. The lowest BCUT2D eigenvalue weighted by atomic mass is 10.2. The van der Waals surface area contributed by atoms with E-state index in [1.54, 1.807) is 18.2 Å². The Labute approximate surface area is 182 Å². The molecular weight excluding hydrogens is 420 g/mol. The van der Waals surface area contributed by atoms with Crippen LogP contribution in [0.25, 0.3) is 11.0 Å². The number of para-hydroxylation sites is 2. The van der Waals surface area contributed by atoms with Gasteiger partial charge in [0.05, 0.1) is 28.7 Å². The van der Waals surface area contributed by atoms with Gasteiger partial charge in [0.1, 0.15) is 0 Å². The molecule has 0 atom stereocenters. The van der Waals surface area contributed by atoms with Crippen molar-refractivity contribution in [3.8, 4) is 0 Å². The number of methoxy groups -OCH3 is 1. The van der Waals surface area contributed by atoms with E-state index in [2.05, 4.69) is 10.0 Å². The summed E-state index contributed by atoms with van der Waals surface area (Å²) in [7, 11) is 1.32. The van der Waals surface area contributed by atoms with Crippen molar-refractivity contribution in [1.29, 1.82) is 0 Å². The van der Waals surface area contributed by atoms with Gasteiger partial charge in [-0.1, -0.05) is 41.9 Å². The topological polar surface area (TPSA) is 76.1 Å². The van der Waals surface area contributed by atoms with E-state index >= 15 is 0 Å². The van der Waals surface area contributed by atoms with Crippen LogP contribution in [0.4, 0.5) is 17.3 Å². The Morgan fingerprint density at radius 1 is 0.933 bits per heavy atom. The molecule has 0 bridgehead atoms. The SMILES string of the molecule is COC(=O)c1cc(Nc2nc3ccccc3nc2NSc2ccccc2)ccc1Cl. The summed E-state index contributed by atoms with van der Waals surface area (Å²) >= 11 is 7.56. The van der Waals surface area contributed by atoms with Crippen LogP contribution in [0.1, 0.15) is 10.4 Å². The fourth-order valence-corrected chi connectivity index (χ4v) is 3.61. The predicted octanol–water partition coefficient (Wildman–Crippen LogP) is 5.93. The summed E-state index contributed by atoms with van der Waals surface area (Å²) in [4.78, 5) is 22.4. The van der Waals surface area contributed by atoms with Gasteiger partial charge in [0, 0.05) is 10.6 Å². The van der Waals surface area contributed by atoms with Crippen molar-refractivity contribution in [1.82, 2.24) is 9.97 Å². The third kappa shape index (κ3) is 4.48. The molecule has 150 valence electrons. The Morgan fingerprint density at radius 3 is 2.30 bits per heavy atom. The number of hydrogen-bond donors (Lipinski definition) is 2. The Kier molecular flexibility index (Phi) is 6.02. The van der Waals surface area contributed by atoms with Gasteiger partial charge in [-0.2, -0.15) is 0 Å². The van der Waals surface area contributed by atoms with E-state index in [1.165, 1.54) is 19.1 Å². The van der Waals surface area contributed by atoms with E-state index < -0.39 is 5.97 Å². The molecule has 1 aromatic heterocycles. The van der Waals surface area contributed by atoms with Crippen molar-refractivity contribution in [2.45, 2.75) is 4.90 Å². The van der Waals surface area contributed by atoms with Crippen molar-refractivity contribution in [3.05, 3.63) is 83.4 Å². The Balaban J connectivity index is 1.69. The lowest BCUT2D eigenvalue weighted by Gasteiger charge is -2.14. The molecule has 0 unspecified atom stereocenters. The molecule has 4 aromatic rings. The molecule has 0 aliphatic rings. The molecule has 0 spiro atoms. The van der Waals surface area contributed by atoms with Crippen LogP contribution >= 0.6 is 23.5 Å². The molecule has 3 aromatic carbocycles. The zero-order valence-electron chi connectivity index (χ0n) is 15.9. The van der Waals surface area contributed by atoms with Gasteiger partial charge >= 0.3 is 5.97 Å². The average Bonchev–Trinajstić information content (AvgIpc) is 2.79. The maximum atomic E-state index is 12.0. The van der Waals surface area contributed by atoms with E-state index in [9.17, 15) is 4.79 Å². The molecule has 4 rings (SSSR count). The lowest BCUT2D eigenvalue weighted by molar-refractivity contribution is 0.0601. The highest BCUT2D eigenvalue weighted by Gasteiger charge is 2.14. The van der Waals surface area contributed by atoms with Crippen LogP contribution < -0.4 is 10.0 Å². The first-order valence-electron chi connectivity index (χ1n) is 9.03. The Morgan fingerprint density at radius 2 is 1.60 bits per heavy atom. The summed E-state index contributed by atoms with van der Waals surface area (Å²) in [6.45, 7) is 0. The van der Waals surface area contributed by atoms with Gasteiger partial charge in [-0.05, 0) is 54.4 Å². The molecule has 8 heteroatoms. The molecule has 0 radical (unpaired) electrons. The fraction of sp³-hybridized carbons (Fsp3) is 0.0455. The highest BCUT2D eigenvalue weighted by Crippen LogP contribution is 2.30. The number of ether oxygens (including phenoxy) is 1. The average molecular weight is 437 g/mol. The summed E-state index contributed by atoms with van der Waals surface area (Å²) in [5.41, 5.74) is 2.42. The number of carbonyl (C=O) groups excluding carboxylic acids is 1. The number of rotatable bonds is 6. The van der Waals surface area contributed by atoms with Crippen LogP contribution in [0.3, 0.4) is 0 Å². The van der Waals surface area contributed by atoms with Crippen LogP contribution in [0.2, 0.25) is 5.02 Å². The maximum Gasteiger partial charge on any atom is 0.339 e. The van der Waals surface area contributed by atoms with Gasteiger partial charge in [-0.25, -0.2) is 14.8 Å². The number of nitrogens with zero attached hydrogens (tertiary/aromatic N) is 2. The van der Waals surface area contributed by atoms with Crippen LogP contribution in [0.15, 0.2) is 77.7 Å². The van der Waals surface area contributed by atoms with Gasteiger partial charge in [-0.15, -0.1) is 0 Å². The number of carbonyl (C=O) groups is 1. The fourth-order valence-electron chi connectivity index (χ4n) is 2.76. The second-order valence-electron chi connectivity index (χ2n) is 6.24. The molecule has 2 N–H and O–H groups in total. The number of anilines is 3. The third-order valence-corrected chi connectivity index (χ3v) is 5.35. The maximum absolute atomic E-state index is 12.0. The number of nitrogens with one attached hydrogen (secondary N) is 2. The molecule has 0 fully saturated rings. The normalized spacial score (nSPS) is 10.6. The van der Waals surface area contributed by atoms with Gasteiger partial charge < -0.3 is 14.8 Å². The standard InChI is InChI=1S/C22H17ClN4O2S/c1-29-22(28)16-13-14(11-12-17(16)23)24-20-21(27-30-15-7-3-2-4-8-15)26-19-10-6-5-9-18(19)25-20/h2-13H,1H3,(H,24,25)(H,26,27). The molecule has 1 heterocycles. The van der Waals surface area contributed by atoms with Crippen molar-refractivity contribution in [2.75, 3.05) is 17.1 Å². The minimum atomic E-state index is -0.508. The summed E-state index contributed by atoms with van der Waals surface area (Å²) in [5.74, 6) is 0.582. The van der Waals surface area contributed by atoms with Crippen LogP contribution in [0.5, 0.6) is 0 Å². The lowest BCUT2D eigenvalue weighted by Crippen LogP contribution is -2.05. The quantitative estimate of drug-likeness (QED) is 0.286. The molecular formula is C22H17ClN4O2S. The van der Waals surface area contributed by atoms with Gasteiger partial charge in [0.2, 0.25) is 0 Å². The largest absolute Gasteiger partial charge is 0.465 e. The van der Waals surface area contributed by atoms with Gasteiger partial charge in [-0.3, -0.25) is 0 Å². The van der Waals surface area contributed by atoms with Crippen molar-refractivity contribution < 1.29 is 9.53 Å². The molecule has 0 saturated carbocycles. The summed E-state index contributed by atoms with van der Waals surface area (Å²) < 4.78 is 8.06. The molecule has 0 saturated heterocycles. The van der Waals surface area contributed by atoms with Crippen molar-refractivity contribution in [3.63, 3.8) is 0 Å². The molecule has 6 nitrogen and oxygen atoms in total. The number of benzene rings is 3. The summed E-state index contributed by atoms with van der Waals surface area (Å²) in [5, 5.41) is 3.55.